The number of rotatable bonds is 1. The van der Waals surface area contributed by atoms with E-state index in [0.717, 1.165) is 11.5 Å². The molecule has 0 aliphatic heterocycles. The molecule has 0 saturated carbocycles. The van der Waals surface area contributed by atoms with Crippen LogP contribution in [0.4, 0.5) is 0 Å². The molecule has 2 aromatic rings. The van der Waals surface area contributed by atoms with Crippen molar-refractivity contribution in [1.29, 1.82) is 0 Å². The third-order valence-corrected chi connectivity index (χ3v) is 3.22. The van der Waals surface area contributed by atoms with E-state index in [0.29, 0.717) is 0 Å². The highest BCUT2D eigenvalue weighted by molar-refractivity contribution is 5.36. The van der Waals surface area contributed by atoms with Crippen LogP contribution in [-0.2, 0) is 10.8 Å². The summed E-state index contributed by atoms with van der Waals surface area (Å²) in [6.07, 6.45) is 5.50. The molecule has 0 aliphatic rings. The molecule has 2 rings (SSSR count). The molecule has 0 aromatic carbocycles. The van der Waals surface area contributed by atoms with Crippen LogP contribution >= 0.6 is 0 Å². The normalized spacial score (nSPS) is 12.7. The van der Waals surface area contributed by atoms with Crippen molar-refractivity contribution in [2.75, 3.05) is 0 Å². The first kappa shape index (κ1) is 13.8. The van der Waals surface area contributed by atoms with Crippen LogP contribution < -0.4 is 0 Å². The van der Waals surface area contributed by atoms with Crippen LogP contribution in [0.5, 0.6) is 0 Å². The van der Waals surface area contributed by atoms with Gasteiger partial charge in [0.05, 0.1) is 0 Å². The van der Waals surface area contributed by atoms with Crippen LogP contribution in [0.25, 0.3) is 5.82 Å². The molecule has 2 heterocycles. The number of aromatic nitrogens is 3. The monoisotopic (exact) mass is 257 g/mol. The first-order chi connectivity index (χ1) is 8.68. The van der Waals surface area contributed by atoms with Crippen molar-refractivity contribution in [3.8, 4) is 5.82 Å². The predicted molar refractivity (Wildman–Crippen MR) is 78.8 cm³/mol. The Kier molecular flexibility index (Phi) is 3.25. The van der Waals surface area contributed by atoms with Crippen LogP contribution in [0.3, 0.4) is 0 Å². The van der Waals surface area contributed by atoms with Crippen molar-refractivity contribution in [1.82, 2.24) is 14.5 Å². The molecule has 3 heteroatoms. The molecule has 0 saturated heterocycles. The lowest BCUT2D eigenvalue weighted by atomic mass is 9.83. The van der Waals surface area contributed by atoms with Crippen molar-refractivity contribution >= 4 is 0 Å². The first-order valence-corrected chi connectivity index (χ1v) is 6.69. The van der Waals surface area contributed by atoms with Gasteiger partial charge in [-0.25, -0.2) is 9.97 Å². The third-order valence-electron chi connectivity index (χ3n) is 3.22. The fourth-order valence-electron chi connectivity index (χ4n) is 1.86. The van der Waals surface area contributed by atoms with E-state index in [4.69, 9.17) is 4.98 Å². The predicted octanol–water partition coefficient (Wildman–Crippen LogP) is 3.86. The molecule has 0 radical (unpaired) electrons. The second-order valence-electron chi connectivity index (χ2n) is 7.07. The molecule has 3 nitrogen and oxygen atoms in total. The molecular weight excluding hydrogens is 234 g/mol. The van der Waals surface area contributed by atoms with E-state index in [1.165, 1.54) is 5.56 Å². The van der Waals surface area contributed by atoms with E-state index < -0.39 is 0 Å². The molecule has 19 heavy (non-hydrogen) atoms. The Balaban J connectivity index is 2.62. The number of hydrogen-bond acceptors (Lipinski definition) is 2. The Morgan fingerprint density at radius 2 is 1.63 bits per heavy atom. The fourth-order valence-corrected chi connectivity index (χ4v) is 1.86. The minimum Gasteiger partial charge on any atom is -0.291 e. The van der Waals surface area contributed by atoms with E-state index in [2.05, 4.69) is 58.7 Å². The summed E-state index contributed by atoms with van der Waals surface area (Å²) in [5.74, 6) is 0.940. The smallest absolute Gasteiger partial charge is 0.138 e. The van der Waals surface area contributed by atoms with Gasteiger partial charge in [0.15, 0.2) is 0 Å². The summed E-state index contributed by atoms with van der Waals surface area (Å²) in [5, 5.41) is 0. The Labute approximate surface area is 115 Å². The summed E-state index contributed by atoms with van der Waals surface area (Å²) in [4.78, 5) is 8.89. The third kappa shape index (κ3) is 3.03. The van der Waals surface area contributed by atoms with Gasteiger partial charge in [0.2, 0.25) is 0 Å². The summed E-state index contributed by atoms with van der Waals surface area (Å²) in [7, 11) is 0. The van der Waals surface area contributed by atoms with Crippen molar-refractivity contribution in [3.05, 3.63) is 42.1 Å². The van der Waals surface area contributed by atoms with Gasteiger partial charge in [-0.3, -0.25) is 4.57 Å². The van der Waals surface area contributed by atoms with E-state index in [-0.39, 0.29) is 10.8 Å². The van der Waals surface area contributed by atoms with Crippen molar-refractivity contribution in [2.24, 2.45) is 0 Å². The van der Waals surface area contributed by atoms with Gasteiger partial charge in [-0.2, -0.15) is 0 Å². The highest BCUT2D eigenvalue weighted by atomic mass is 15.1. The molecule has 0 bridgehead atoms. The number of imidazole rings is 1. The quantitative estimate of drug-likeness (QED) is 0.776. The second-order valence-corrected chi connectivity index (χ2v) is 7.07. The molecule has 0 amide bonds. The molecule has 2 aromatic heterocycles. The Morgan fingerprint density at radius 3 is 2.11 bits per heavy atom. The molecule has 0 fully saturated rings. The van der Waals surface area contributed by atoms with Gasteiger partial charge >= 0.3 is 0 Å². The van der Waals surface area contributed by atoms with Gasteiger partial charge in [0.25, 0.3) is 0 Å². The zero-order valence-corrected chi connectivity index (χ0v) is 12.7. The summed E-state index contributed by atoms with van der Waals surface area (Å²) < 4.78 is 1.96. The Hall–Kier alpha value is -1.64. The summed E-state index contributed by atoms with van der Waals surface area (Å²) >= 11 is 0. The molecule has 0 spiro atoms. The van der Waals surface area contributed by atoms with Crippen molar-refractivity contribution in [2.45, 2.75) is 52.4 Å². The number of pyridine rings is 1. The number of nitrogens with zero attached hydrogens (tertiary/aromatic N) is 3. The average molecular weight is 257 g/mol. The summed E-state index contributed by atoms with van der Waals surface area (Å²) in [5.41, 5.74) is 2.56. The van der Waals surface area contributed by atoms with Crippen LogP contribution in [0.2, 0.25) is 0 Å². The van der Waals surface area contributed by atoms with E-state index >= 15 is 0 Å². The van der Waals surface area contributed by atoms with Gasteiger partial charge in [0, 0.05) is 23.5 Å². The topological polar surface area (TPSA) is 30.7 Å². The summed E-state index contributed by atoms with van der Waals surface area (Å²) in [6.45, 7) is 13.3. The van der Waals surface area contributed by atoms with E-state index in [9.17, 15) is 0 Å². The molecular formula is C16H23N3. The first-order valence-electron chi connectivity index (χ1n) is 6.69. The van der Waals surface area contributed by atoms with Gasteiger partial charge < -0.3 is 0 Å². The van der Waals surface area contributed by atoms with Gasteiger partial charge in [-0.15, -0.1) is 0 Å². The maximum atomic E-state index is 4.78. The van der Waals surface area contributed by atoms with E-state index in [1.807, 2.05) is 10.8 Å². The zero-order chi connectivity index (χ0) is 14.3. The van der Waals surface area contributed by atoms with E-state index in [1.54, 1.807) is 12.5 Å². The van der Waals surface area contributed by atoms with Crippen LogP contribution in [-0.4, -0.2) is 14.5 Å². The maximum Gasteiger partial charge on any atom is 0.138 e. The largest absolute Gasteiger partial charge is 0.291 e. The minimum atomic E-state index is 0.0383. The summed E-state index contributed by atoms with van der Waals surface area (Å²) in [6, 6.07) is 4.37. The average Bonchev–Trinajstić information content (AvgIpc) is 2.79. The molecule has 0 atom stereocenters. The van der Waals surface area contributed by atoms with Crippen LogP contribution in [0, 0.1) is 0 Å². The lowest BCUT2D eigenvalue weighted by Gasteiger charge is -2.25. The highest BCUT2D eigenvalue weighted by Crippen LogP contribution is 2.29. The Morgan fingerprint density at radius 1 is 0.947 bits per heavy atom. The van der Waals surface area contributed by atoms with Crippen molar-refractivity contribution < 1.29 is 0 Å². The highest BCUT2D eigenvalue weighted by Gasteiger charge is 2.22. The Bertz CT molecular complexity index is 522. The standard InChI is InChI=1S/C16H23N3/c1-15(2,3)12-9-13(16(4,5)6)18-14(10-12)19-8-7-17-11-19/h7-11H,1-6H3. The number of hydrogen-bond donors (Lipinski definition) is 0. The molecule has 0 aliphatic carbocycles. The zero-order valence-electron chi connectivity index (χ0n) is 12.7. The maximum absolute atomic E-state index is 4.78. The van der Waals surface area contributed by atoms with Gasteiger partial charge in [-0.05, 0) is 23.1 Å². The molecule has 0 unspecified atom stereocenters. The lowest BCUT2D eigenvalue weighted by Crippen LogP contribution is -2.19. The minimum absolute atomic E-state index is 0.0383. The second kappa shape index (κ2) is 4.48. The van der Waals surface area contributed by atoms with Gasteiger partial charge in [0.1, 0.15) is 12.1 Å². The molecule has 102 valence electrons. The SMILES string of the molecule is CC(C)(C)c1cc(-n2ccnc2)nc(C(C)(C)C)c1. The van der Waals surface area contributed by atoms with Crippen LogP contribution in [0.15, 0.2) is 30.9 Å². The van der Waals surface area contributed by atoms with Gasteiger partial charge in [-0.1, -0.05) is 41.5 Å². The van der Waals surface area contributed by atoms with Crippen LogP contribution in [0.1, 0.15) is 52.8 Å². The fraction of sp³-hybridized carbons (Fsp3) is 0.500. The van der Waals surface area contributed by atoms with Crippen molar-refractivity contribution in [3.63, 3.8) is 0 Å². The molecule has 0 N–H and O–H groups in total. The lowest BCUT2D eigenvalue weighted by molar-refractivity contribution is 0.550.